The lowest BCUT2D eigenvalue weighted by molar-refractivity contribution is 0.0965. The smallest absolute Gasteiger partial charge is 0.262 e. The zero-order valence-corrected chi connectivity index (χ0v) is 11.6. The number of carbonyl (C=O) groups excluding carboxylic acids is 1. The molecule has 0 atom stereocenters. The average Bonchev–Trinajstić information content (AvgIpc) is 2.87. The monoisotopic (exact) mass is 306 g/mol. The van der Waals surface area contributed by atoms with Crippen LogP contribution in [0.15, 0.2) is 42.9 Å². The van der Waals surface area contributed by atoms with Gasteiger partial charge in [-0.05, 0) is 24.3 Å². The summed E-state index contributed by atoms with van der Waals surface area (Å²) in [6, 6.07) is 6.40. The summed E-state index contributed by atoms with van der Waals surface area (Å²) < 4.78 is 1.46. The maximum absolute atomic E-state index is 12.5. The standard InChI is InChI=1S/C14H8Cl2N2O2/c15-10-5-9(6-11(16)13(10)19)14(20)18-4-2-8-1-3-17-7-12(8)18/h1-7,19H. The number of fused-ring (bicyclic) bond motifs is 1. The average molecular weight is 307 g/mol. The predicted molar refractivity (Wildman–Crippen MR) is 77.6 cm³/mol. The van der Waals surface area contributed by atoms with Gasteiger partial charge in [-0.2, -0.15) is 0 Å². The lowest BCUT2D eigenvalue weighted by Gasteiger charge is -2.07. The summed E-state index contributed by atoms with van der Waals surface area (Å²) in [7, 11) is 0. The number of rotatable bonds is 1. The van der Waals surface area contributed by atoms with Crippen molar-refractivity contribution < 1.29 is 9.90 Å². The van der Waals surface area contributed by atoms with Gasteiger partial charge < -0.3 is 5.11 Å². The molecule has 3 rings (SSSR count). The molecule has 0 saturated carbocycles. The van der Waals surface area contributed by atoms with Gasteiger partial charge in [-0.3, -0.25) is 14.3 Å². The molecular formula is C14H8Cl2N2O2. The number of aromatic hydroxyl groups is 1. The van der Waals surface area contributed by atoms with Gasteiger partial charge in [0.1, 0.15) is 0 Å². The fourth-order valence-electron chi connectivity index (χ4n) is 1.98. The number of phenolic OH excluding ortho intramolecular Hbond substituents is 1. The van der Waals surface area contributed by atoms with E-state index in [0.29, 0.717) is 11.1 Å². The van der Waals surface area contributed by atoms with Crippen LogP contribution in [0.4, 0.5) is 0 Å². The number of hydrogen-bond donors (Lipinski definition) is 1. The second kappa shape index (κ2) is 4.81. The number of phenols is 1. The van der Waals surface area contributed by atoms with Crippen molar-refractivity contribution in [1.82, 2.24) is 9.55 Å². The van der Waals surface area contributed by atoms with Crippen LogP contribution in [-0.4, -0.2) is 20.6 Å². The van der Waals surface area contributed by atoms with Crippen LogP contribution in [0.25, 0.3) is 10.9 Å². The van der Waals surface area contributed by atoms with Gasteiger partial charge in [-0.15, -0.1) is 0 Å². The van der Waals surface area contributed by atoms with E-state index in [2.05, 4.69) is 4.98 Å². The molecule has 0 aliphatic heterocycles. The minimum Gasteiger partial charge on any atom is -0.505 e. The molecule has 0 aliphatic rings. The first-order chi connectivity index (χ1) is 9.58. The summed E-state index contributed by atoms with van der Waals surface area (Å²) in [6.07, 6.45) is 4.92. The minimum absolute atomic E-state index is 0.0374. The summed E-state index contributed by atoms with van der Waals surface area (Å²) in [4.78, 5) is 16.5. The number of aromatic nitrogens is 2. The van der Waals surface area contributed by atoms with E-state index < -0.39 is 0 Å². The Hall–Kier alpha value is -2.04. The molecule has 0 radical (unpaired) electrons. The summed E-state index contributed by atoms with van der Waals surface area (Å²) in [5.74, 6) is -0.527. The van der Waals surface area contributed by atoms with Crippen LogP contribution in [0.3, 0.4) is 0 Å². The fraction of sp³-hybridized carbons (Fsp3) is 0. The van der Waals surface area contributed by atoms with Crippen LogP contribution in [0, 0.1) is 0 Å². The molecule has 4 nitrogen and oxygen atoms in total. The van der Waals surface area contributed by atoms with Crippen molar-refractivity contribution in [3.05, 3.63) is 58.5 Å². The van der Waals surface area contributed by atoms with E-state index in [4.69, 9.17) is 23.2 Å². The minimum atomic E-state index is -0.295. The predicted octanol–water partition coefficient (Wildman–Crippen LogP) is 3.74. The van der Waals surface area contributed by atoms with Crippen molar-refractivity contribution in [1.29, 1.82) is 0 Å². The van der Waals surface area contributed by atoms with Gasteiger partial charge in [0.25, 0.3) is 5.91 Å². The third-order valence-corrected chi connectivity index (χ3v) is 3.55. The number of benzene rings is 1. The van der Waals surface area contributed by atoms with Crippen molar-refractivity contribution in [3.8, 4) is 5.75 Å². The first-order valence-corrected chi connectivity index (χ1v) is 6.47. The Balaban J connectivity index is 2.13. The number of halogens is 2. The van der Waals surface area contributed by atoms with Gasteiger partial charge in [0.15, 0.2) is 5.75 Å². The molecule has 1 aromatic carbocycles. The molecule has 20 heavy (non-hydrogen) atoms. The summed E-state index contributed by atoms with van der Waals surface area (Å²) in [6.45, 7) is 0. The van der Waals surface area contributed by atoms with Crippen molar-refractivity contribution in [2.75, 3.05) is 0 Å². The summed E-state index contributed by atoms with van der Waals surface area (Å²) in [5.41, 5.74) is 0.983. The van der Waals surface area contributed by atoms with Crippen LogP contribution in [0.2, 0.25) is 10.0 Å². The molecule has 0 spiro atoms. The zero-order valence-electron chi connectivity index (χ0n) is 10.0. The second-order valence-electron chi connectivity index (χ2n) is 4.21. The highest BCUT2D eigenvalue weighted by Gasteiger charge is 2.15. The van der Waals surface area contributed by atoms with Crippen LogP contribution in [0.5, 0.6) is 5.75 Å². The van der Waals surface area contributed by atoms with E-state index >= 15 is 0 Å². The molecule has 2 heterocycles. The van der Waals surface area contributed by atoms with Gasteiger partial charge in [-0.25, -0.2) is 0 Å². The summed E-state index contributed by atoms with van der Waals surface area (Å²) in [5, 5.41) is 10.5. The highest BCUT2D eigenvalue weighted by Crippen LogP contribution is 2.33. The van der Waals surface area contributed by atoms with Gasteiger partial charge in [0.05, 0.1) is 21.8 Å². The normalized spacial score (nSPS) is 10.9. The Morgan fingerprint density at radius 2 is 1.90 bits per heavy atom. The third kappa shape index (κ3) is 2.03. The SMILES string of the molecule is O=C(c1cc(Cl)c(O)c(Cl)c1)n1ccc2ccncc21. The quantitative estimate of drug-likeness (QED) is 0.745. The first kappa shape index (κ1) is 13.0. The molecule has 0 saturated heterocycles. The number of carbonyl (C=O) groups is 1. The van der Waals surface area contributed by atoms with Crippen LogP contribution >= 0.6 is 23.2 Å². The van der Waals surface area contributed by atoms with E-state index in [0.717, 1.165) is 5.39 Å². The van der Waals surface area contributed by atoms with Crippen molar-refractivity contribution in [3.63, 3.8) is 0 Å². The molecule has 0 unspecified atom stereocenters. The van der Waals surface area contributed by atoms with Crippen molar-refractivity contribution in [2.45, 2.75) is 0 Å². The van der Waals surface area contributed by atoms with E-state index in [1.165, 1.54) is 16.7 Å². The van der Waals surface area contributed by atoms with Gasteiger partial charge in [0.2, 0.25) is 0 Å². The second-order valence-corrected chi connectivity index (χ2v) is 5.03. The molecule has 100 valence electrons. The summed E-state index contributed by atoms with van der Waals surface area (Å²) >= 11 is 11.7. The topological polar surface area (TPSA) is 55.1 Å². The van der Waals surface area contributed by atoms with Gasteiger partial charge in [0, 0.05) is 23.3 Å². The maximum atomic E-state index is 12.5. The Morgan fingerprint density at radius 3 is 2.60 bits per heavy atom. The highest BCUT2D eigenvalue weighted by atomic mass is 35.5. The van der Waals surface area contributed by atoms with Gasteiger partial charge >= 0.3 is 0 Å². The lowest BCUT2D eigenvalue weighted by Crippen LogP contribution is -2.10. The number of nitrogens with zero attached hydrogens (tertiary/aromatic N) is 2. The van der Waals surface area contributed by atoms with Crippen LogP contribution in [0.1, 0.15) is 10.4 Å². The first-order valence-electron chi connectivity index (χ1n) is 5.71. The Kier molecular flexibility index (Phi) is 3.12. The molecule has 2 aromatic heterocycles. The lowest BCUT2D eigenvalue weighted by atomic mass is 10.2. The molecular weight excluding hydrogens is 299 g/mol. The number of hydrogen-bond acceptors (Lipinski definition) is 3. The van der Waals surface area contributed by atoms with E-state index in [-0.39, 0.29) is 21.7 Å². The van der Waals surface area contributed by atoms with Crippen LogP contribution < -0.4 is 0 Å². The van der Waals surface area contributed by atoms with Crippen LogP contribution in [-0.2, 0) is 0 Å². The number of pyridine rings is 1. The molecule has 0 aliphatic carbocycles. The zero-order chi connectivity index (χ0) is 14.3. The van der Waals surface area contributed by atoms with Crippen molar-refractivity contribution >= 4 is 40.0 Å². The largest absolute Gasteiger partial charge is 0.505 e. The Labute approximate surface area is 124 Å². The molecule has 6 heteroatoms. The molecule has 0 bridgehead atoms. The molecule has 3 aromatic rings. The fourth-order valence-corrected chi connectivity index (χ4v) is 2.47. The highest BCUT2D eigenvalue weighted by molar-refractivity contribution is 6.37. The van der Waals surface area contributed by atoms with E-state index in [9.17, 15) is 9.90 Å². The molecule has 1 N–H and O–H groups in total. The van der Waals surface area contributed by atoms with Gasteiger partial charge in [-0.1, -0.05) is 23.2 Å². The van der Waals surface area contributed by atoms with Crippen molar-refractivity contribution in [2.24, 2.45) is 0 Å². The Bertz CT molecular complexity index is 804. The van der Waals surface area contributed by atoms with E-state index in [1.807, 2.05) is 12.1 Å². The third-order valence-electron chi connectivity index (χ3n) is 2.98. The maximum Gasteiger partial charge on any atom is 0.262 e. The molecule has 0 fully saturated rings. The van der Waals surface area contributed by atoms with E-state index in [1.54, 1.807) is 18.6 Å². The molecule has 0 amide bonds. The Morgan fingerprint density at radius 1 is 1.20 bits per heavy atom.